The van der Waals surface area contributed by atoms with Crippen molar-refractivity contribution in [2.45, 2.75) is 51.2 Å². The molecular weight excluding hydrogens is 304 g/mol. The number of aromatic nitrogens is 1. The molecule has 132 valence electrons. The zero-order valence-corrected chi connectivity index (χ0v) is 14.6. The molecule has 6 heteroatoms. The molecule has 2 fully saturated rings. The topological polar surface area (TPSA) is 57.7 Å². The third-order valence-electron chi connectivity index (χ3n) is 5.00. The highest BCUT2D eigenvalue weighted by atomic mass is 16.5. The van der Waals surface area contributed by atoms with Crippen molar-refractivity contribution < 1.29 is 9.53 Å². The summed E-state index contributed by atoms with van der Waals surface area (Å²) in [6.45, 7) is 7.17. The summed E-state index contributed by atoms with van der Waals surface area (Å²) in [5.74, 6) is 0.728. The lowest BCUT2D eigenvalue weighted by Gasteiger charge is -2.32. The van der Waals surface area contributed by atoms with Crippen LogP contribution >= 0.6 is 0 Å². The fourth-order valence-corrected chi connectivity index (χ4v) is 4.01. The summed E-state index contributed by atoms with van der Waals surface area (Å²) in [6.07, 6.45) is 6.94. The molecule has 0 aliphatic carbocycles. The number of likely N-dealkylation sites (tertiary alicyclic amines) is 1. The fraction of sp³-hybridized carbons (Fsp3) is 0.667. The molecule has 2 saturated heterocycles. The summed E-state index contributed by atoms with van der Waals surface area (Å²) >= 11 is 0. The van der Waals surface area contributed by atoms with Gasteiger partial charge in [0.2, 0.25) is 0 Å². The van der Waals surface area contributed by atoms with Crippen molar-refractivity contribution >= 4 is 6.03 Å². The first-order valence-corrected chi connectivity index (χ1v) is 8.98. The first-order valence-electron chi connectivity index (χ1n) is 8.98. The zero-order chi connectivity index (χ0) is 16.9. The SMILES string of the molecule is CC(C)N1C2CCC1CN(C(=O)NCCOc1cccnc1)CC2. The third kappa shape index (κ3) is 3.98. The second-order valence-corrected chi connectivity index (χ2v) is 6.93. The summed E-state index contributed by atoms with van der Waals surface area (Å²) in [7, 11) is 0. The summed E-state index contributed by atoms with van der Waals surface area (Å²) in [5, 5.41) is 2.98. The Labute approximate surface area is 144 Å². The number of rotatable bonds is 5. The normalized spacial score (nSPS) is 24.0. The number of pyridine rings is 1. The van der Waals surface area contributed by atoms with E-state index < -0.39 is 0 Å². The van der Waals surface area contributed by atoms with Gasteiger partial charge in [-0.2, -0.15) is 0 Å². The Morgan fingerprint density at radius 1 is 1.38 bits per heavy atom. The standard InChI is InChI=1S/C18H28N4O2/c1-14(2)22-15-5-6-16(22)13-21(10-7-15)18(23)20-9-11-24-17-4-3-8-19-12-17/h3-4,8,12,14-16H,5-7,9-11,13H2,1-2H3,(H,20,23). The smallest absolute Gasteiger partial charge is 0.317 e. The molecule has 1 aromatic rings. The van der Waals surface area contributed by atoms with Crippen LogP contribution in [0.25, 0.3) is 0 Å². The Morgan fingerprint density at radius 3 is 2.96 bits per heavy atom. The molecule has 1 N–H and O–H groups in total. The monoisotopic (exact) mass is 332 g/mol. The lowest BCUT2D eigenvalue weighted by Crippen LogP contribution is -2.47. The average molecular weight is 332 g/mol. The number of urea groups is 1. The van der Waals surface area contributed by atoms with Gasteiger partial charge in [0, 0.05) is 37.4 Å². The van der Waals surface area contributed by atoms with Gasteiger partial charge in [0.25, 0.3) is 0 Å². The minimum atomic E-state index is 0.0287. The maximum atomic E-state index is 12.4. The third-order valence-corrected chi connectivity index (χ3v) is 5.00. The van der Waals surface area contributed by atoms with Gasteiger partial charge >= 0.3 is 6.03 Å². The summed E-state index contributed by atoms with van der Waals surface area (Å²) in [6, 6.07) is 5.43. The van der Waals surface area contributed by atoms with Gasteiger partial charge in [0.15, 0.2) is 0 Å². The van der Waals surface area contributed by atoms with E-state index in [-0.39, 0.29) is 6.03 Å². The second kappa shape index (κ2) is 7.83. The highest BCUT2D eigenvalue weighted by molar-refractivity contribution is 5.74. The molecule has 3 rings (SSSR count). The Hall–Kier alpha value is -1.82. The number of amides is 2. The van der Waals surface area contributed by atoms with E-state index in [0.717, 1.165) is 25.3 Å². The molecule has 0 spiro atoms. The number of hydrogen-bond donors (Lipinski definition) is 1. The molecule has 2 bridgehead atoms. The zero-order valence-electron chi connectivity index (χ0n) is 14.6. The first kappa shape index (κ1) is 17.0. The number of nitrogens with zero attached hydrogens (tertiary/aromatic N) is 3. The van der Waals surface area contributed by atoms with Crippen molar-refractivity contribution in [3.8, 4) is 5.75 Å². The van der Waals surface area contributed by atoms with E-state index in [1.165, 1.54) is 12.8 Å². The van der Waals surface area contributed by atoms with Crippen LogP contribution in [0.4, 0.5) is 4.79 Å². The van der Waals surface area contributed by atoms with Gasteiger partial charge in [-0.15, -0.1) is 0 Å². The van der Waals surface area contributed by atoms with Gasteiger partial charge in [0.05, 0.1) is 12.7 Å². The van der Waals surface area contributed by atoms with Crippen LogP contribution in [-0.2, 0) is 0 Å². The van der Waals surface area contributed by atoms with Crippen LogP contribution in [0.15, 0.2) is 24.5 Å². The lowest BCUT2D eigenvalue weighted by molar-refractivity contribution is 0.146. The van der Waals surface area contributed by atoms with Crippen molar-refractivity contribution in [2.75, 3.05) is 26.2 Å². The molecule has 2 atom stereocenters. The highest BCUT2D eigenvalue weighted by Gasteiger charge is 2.39. The van der Waals surface area contributed by atoms with Gasteiger partial charge in [-0.25, -0.2) is 4.79 Å². The molecule has 0 radical (unpaired) electrons. The summed E-state index contributed by atoms with van der Waals surface area (Å²) in [5.41, 5.74) is 0. The maximum Gasteiger partial charge on any atom is 0.317 e. The molecule has 1 aromatic heterocycles. The number of hydrogen-bond acceptors (Lipinski definition) is 4. The van der Waals surface area contributed by atoms with Gasteiger partial charge in [-0.1, -0.05) is 0 Å². The molecule has 2 amide bonds. The number of nitrogens with one attached hydrogen (secondary N) is 1. The number of ether oxygens (including phenoxy) is 1. The second-order valence-electron chi connectivity index (χ2n) is 6.93. The molecule has 24 heavy (non-hydrogen) atoms. The predicted molar refractivity (Wildman–Crippen MR) is 93.1 cm³/mol. The van der Waals surface area contributed by atoms with Crippen molar-refractivity contribution in [3.05, 3.63) is 24.5 Å². The average Bonchev–Trinajstić information content (AvgIpc) is 2.87. The van der Waals surface area contributed by atoms with Crippen LogP contribution in [0.1, 0.15) is 33.1 Å². The van der Waals surface area contributed by atoms with Gasteiger partial charge in [-0.05, 0) is 45.2 Å². The van der Waals surface area contributed by atoms with Crippen LogP contribution in [-0.4, -0.2) is 65.2 Å². The molecule has 0 aromatic carbocycles. The van der Waals surface area contributed by atoms with E-state index >= 15 is 0 Å². The molecule has 0 saturated carbocycles. The molecular formula is C18H28N4O2. The lowest BCUT2D eigenvalue weighted by atomic mass is 10.1. The predicted octanol–water partition coefficient (Wildman–Crippen LogP) is 2.12. The quantitative estimate of drug-likeness (QED) is 0.839. The molecule has 6 nitrogen and oxygen atoms in total. The molecule has 2 unspecified atom stereocenters. The van der Waals surface area contributed by atoms with Gasteiger partial charge in [0.1, 0.15) is 12.4 Å². The Balaban J connectivity index is 1.44. The van der Waals surface area contributed by atoms with Gasteiger partial charge < -0.3 is 15.0 Å². The van der Waals surface area contributed by atoms with Crippen molar-refractivity contribution in [2.24, 2.45) is 0 Å². The van der Waals surface area contributed by atoms with Crippen molar-refractivity contribution in [1.29, 1.82) is 0 Å². The van der Waals surface area contributed by atoms with E-state index in [9.17, 15) is 4.79 Å². The van der Waals surface area contributed by atoms with Crippen LogP contribution in [0.2, 0.25) is 0 Å². The van der Waals surface area contributed by atoms with E-state index in [0.29, 0.717) is 31.3 Å². The number of carbonyl (C=O) groups is 1. The Kier molecular flexibility index (Phi) is 5.56. The van der Waals surface area contributed by atoms with Gasteiger partial charge in [-0.3, -0.25) is 9.88 Å². The maximum absolute atomic E-state index is 12.4. The van der Waals surface area contributed by atoms with E-state index in [1.807, 2.05) is 17.0 Å². The highest BCUT2D eigenvalue weighted by Crippen LogP contribution is 2.31. The number of fused-ring (bicyclic) bond motifs is 2. The van der Waals surface area contributed by atoms with E-state index in [1.54, 1.807) is 12.4 Å². The van der Waals surface area contributed by atoms with Crippen LogP contribution in [0, 0.1) is 0 Å². The number of carbonyl (C=O) groups excluding carboxylic acids is 1. The Bertz CT molecular complexity index is 537. The van der Waals surface area contributed by atoms with Crippen LogP contribution in [0.3, 0.4) is 0 Å². The first-order chi connectivity index (χ1) is 11.6. The van der Waals surface area contributed by atoms with Crippen LogP contribution in [0.5, 0.6) is 5.75 Å². The molecule has 2 aliphatic rings. The fourth-order valence-electron chi connectivity index (χ4n) is 4.01. The minimum absolute atomic E-state index is 0.0287. The van der Waals surface area contributed by atoms with Crippen molar-refractivity contribution in [1.82, 2.24) is 20.1 Å². The van der Waals surface area contributed by atoms with Crippen LogP contribution < -0.4 is 10.1 Å². The summed E-state index contributed by atoms with van der Waals surface area (Å²) in [4.78, 5) is 21.0. The minimum Gasteiger partial charge on any atom is -0.490 e. The Morgan fingerprint density at radius 2 is 2.21 bits per heavy atom. The van der Waals surface area contributed by atoms with E-state index in [2.05, 4.69) is 29.0 Å². The largest absolute Gasteiger partial charge is 0.490 e. The van der Waals surface area contributed by atoms with E-state index in [4.69, 9.17) is 4.74 Å². The molecule has 2 aliphatic heterocycles. The van der Waals surface area contributed by atoms with Crippen molar-refractivity contribution in [3.63, 3.8) is 0 Å². The molecule has 3 heterocycles. The summed E-state index contributed by atoms with van der Waals surface area (Å²) < 4.78 is 5.56.